The van der Waals surface area contributed by atoms with E-state index in [2.05, 4.69) is 25.2 Å². The van der Waals surface area contributed by atoms with Gasteiger partial charge in [0.15, 0.2) is 0 Å². The molecule has 0 bridgehead atoms. The van der Waals surface area contributed by atoms with Crippen LogP contribution in [-0.2, 0) is 25.5 Å². The summed E-state index contributed by atoms with van der Waals surface area (Å²) >= 11 is 2.41. The molecular formula is H2ClMnO4S. The molecule has 0 heterocycles. The second kappa shape index (κ2) is 4.83. The van der Waals surface area contributed by atoms with Gasteiger partial charge in [-0.2, -0.15) is 8.42 Å². The predicted molar refractivity (Wildman–Crippen MR) is 20.0 cm³/mol. The molecule has 0 aromatic heterocycles. The van der Waals surface area contributed by atoms with Gasteiger partial charge in [-0.15, -0.1) is 0 Å². The van der Waals surface area contributed by atoms with Crippen molar-refractivity contribution in [3.8, 4) is 0 Å². The summed E-state index contributed by atoms with van der Waals surface area (Å²) in [5.41, 5.74) is 0. The summed E-state index contributed by atoms with van der Waals surface area (Å²) in [7, 11) is -0.215. The van der Waals surface area contributed by atoms with Crippen molar-refractivity contribution in [3.05, 3.63) is 0 Å². The van der Waals surface area contributed by atoms with Gasteiger partial charge in [0.05, 0.1) is 0 Å². The number of rotatable bonds is 0. The van der Waals surface area contributed by atoms with Crippen LogP contribution < -0.4 is 0 Å². The quantitative estimate of drug-likeness (QED) is 0.416. The third kappa shape index (κ3) is 317. The standard InChI is InChI=1S/ClH.Mn.H2O4S/c;;1-5(2,3)4/h1H;;(H2,1,2,3,4)/q;+1;/p-1. The Kier molecular flexibility index (Phi) is 7.33. The topological polar surface area (TPSA) is 74.6 Å². The first-order chi connectivity index (χ1) is 3.00. The van der Waals surface area contributed by atoms with Crippen molar-refractivity contribution >= 4 is 20.5 Å². The monoisotopic (exact) mass is 188 g/mol. The summed E-state index contributed by atoms with van der Waals surface area (Å²) in [5, 5.41) is 0. The van der Waals surface area contributed by atoms with Crippen LogP contribution >= 0.6 is 10.1 Å². The van der Waals surface area contributed by atoms with Gasteiger partial charge in [0.2, 0.25) is 0 Å². The molecule has 0 atom stereocenters. The van der Waals surface area contributed by atoms with Crippen LogP contribution in [0.2, 0.25) is 0 Å². The molecule has 0 unspecified atom stereocenters. The van der Waals surface area contributed by atoms with Gasteiger partial charge in [0.25, 0.3) is 0 Å². The summed E-state index contributed by atoms with van der Waals surface area (Å²) in [4.78, 5) is 0. The molecule has 0 saturated heterocycles. The van der Waals surface area contributed by atoms with Gasteiger partial charge >= 0.3 is 35.6 Å². The Balaban J connectivity index is 0. The van der Waals surface area contributed by atoms with Crippen LogP contribution in [0.4, 0.5) is 0 Å². The fourth-order valence-corrected chi connectivity index (χ4v) is 0. The minimum atomic E-state index is -4.67. The fraction of sp³-hybridized carbons (Fsp3) is 0. The average Bonchev–Trinajstić information content (AvgIpc) is 1.36. The first-order valence-corrected chi connectivity index (χ1v) is 3.86. The first kappa shape index (κ1) is 10.6. The van der Waals surface area contributed by atoms with Crippen molar-refractivity contribution in [2.24, 2.45) is 0 Å². The van der Waals surface area contributed by atoms with E-state index >= 15 is 0 Å². The van der Waals surface area contributed by atoms with Crippen molar-refractivity contribution < 1.29 is 32.6 Å². The van der Waals surface area contributed by atoms with Crippen molar-refractivity contribution in [2.75, 3.05) is 0 Å². The Labute approximate surface area is 53.5 Å². The molecule has 0 rings (SSSR count). The van der Waals surface area contributed by atoms with E-state index in [4.69, 9.17) is 17.5 Å². The van der Waals surface area contributed by atoms with E-state index in [-0.39, 0.29) is 0 Å². The Morgan fingerprint density at radius 1 is 1.29 bits per heavy atom. The summed E-state index contributed by atoms with van der Waals surface area (Å²) in [6, 6.07) is 0. The zero-order valence-corrected chi connectivity index (χ0v) is 5.63. The Morgan fingerprint density at radius 3 is 1.29 bits per heavy atom. The van der Waals surface area contributed by atoms with Crippen LogP contribution in [0.25, 0.3) is 0 Å². The van der Waals surface area contributed by atoms with E-state index in [0.717, 1.165) is 0 Å². The predicted octanol–water partition coefficient (Wildman–Crippen LogP) is 0.0342. The molecule has 0 saturated carbocycles. The van der Waals surface area contributed by atoms with Gasteiger partial charge in [-0.3, -0.25) is 9.11 Å². The molecule has 0 aliphatic carbocycles. The molecular weight excluding hydrogens is 186 g/mol. The number of hydrogen-bond acceptors (Lipinski definition) is 2. The van der Waals surface area contributed by atoms with E-state index in [1.54, 1.807) is 0 Å². The molecule has 2 N–H and O–H groups in total. The van der Waals surface area contributed by atoms with Gasteiger partial charge < -0.3 is 0 Å². The SMILES string of the molecule is O=S(=O)(O)O.[Cl][Mn]. The van der Waals surface area contributed by atoms with Crippen LogP contribution in [0.5, 0.6) is 0 Å². The molecule has 0 spiro atoms. The summed E-state index contributed by atoms with van der Waals surface area (Å²) < 4.78 is 31.6. The van der Waals surface area contributed by atoms with E-state index in [1.165, 1.54) is 0 Å². The second-order valence-corrected chi connectivity index (χ2v) is 1.34. The van der Waals surface area contributed by atoms with Gasteiger partial charge in [0.1, 0.15) is 0 Å². The molecule has 0 aliphatic rings. The van der Waals surface area contributed by atoms with Crippen molar-refractivity contribution in [2.45, 2.75) is 0 Å². The van der Waals surface area contributed by atoms with Gasteiger partial charge in [-0.25, -0.2) is 0 Å². The van der Waals surface area contributed by atoms with Crippen LogP contribution in [-0.4, -0.2) is 17.5 Å². The van der Waals surface area contributed by atoms with Crippen LogP contribution in [0.1, 0.15) is 0 Å². The van der Waals surface area contributed by atoms with Crippen LogP contribution in [0, 0.1) is 0 Å². The molecule has 4 nitrogen and oxygen atoms in total. The minimum absolute atomic E-state index is 2.41. The summed E-state index contributed by atoms with van der Waals surface area (Å²) in [6.45, 7) is 0. The van der Waals surface area contributed by atoms with Crippen molar-refractivity contribution in [1.29, 1.82) is 0 Å². The van der Waals surface area contributed by atoms with Gasteiger partial charge in [-0.05, 0) is 0 Å². The van der Waals surface area contributed by atoms with Crippen LogP contribution in [0.3, 0.4) is 0 Å². The molecule has 0 amide bonds. The van der Waals surface area contributed by atoms with Gasteiger partial charge in [0, 0.05) is 0 Å². The van der Waals surface area contributed by atoms with Gasteiger partial charge in [-0.1, -0.05) is 0 Å². The Morgan fingerprint density at radius 2 is 1.29 bits per heavy atom. The molecule has 0 aromatic carbocycles. The summed E-state index contributed by atoms with van der Waals surface area (Å²) in [6.07, 6.45) is 0. The first-order valence-electron chi connectivity index (χ1n) is 0.841. The van der Waals surface area contributed by atoms with Crippen molar-refractivity contribution in [3.63, 3.8) is 0 Å². The van der Waals surface area contributed by atoms with E-state index in [0.29, 0.717) is 0 Å². The number of halogens is 1. The zero-order valence-electron chi connectivity index (χ0n) is 2.88. The maximum atomic E-state index is 8.74. The Hall–Kier alpha value is 0.679. The number of hydrogen-bond donors (Lipinski definition) is 2. The molecule has 0 aliphatic heterocycles. The summed E-state index contributed by atoms with van der Waals surface area (Å²) in [5.74, 6) is 0. The second-order valence-electron chi connectivity index (χ2n) is 0.448. The maximum absolute atomic E-state index is 8.74. The van der Waals surface area contributed by atoms with Crippen LogP contribution in [0.15, 0.2) is 0 Å². The zero-order chi connectivity index (χ0) is 6.50. The molecule has 7 heavy (non-hydrogen) atoms. The van der Waals surface area contributed by atoms with E-state index < -0.39 is 10.4 Å². The Bertz CT molecular complexity index is 94.9. The molecule has 0 radical (unpaired) electrons. The normalized spacial score (nSPS) is 9.14. The van der Waals surface area contributed by atoms with Crippen molar-refractivity contribution in [1.82, 2.24) is 0 Å². The van der Waals surface area contributed by atoms with E-state index in [1.807, 2.05) is 0 Å². The fourth-order valence-electron chi connectivity index (χ4n) is 0. The third-order valence-corrected chi connectivity index (χ3v) is 0. The third-order valence-electron chi connectivity index (χ3n) is 0. The average molecular weight is 188 g/mol. The van der Waals surface area contributed by atoms with E-state index in [9.17, 15) is 0 Å². The molecule has 0 aromatic rings. The molecule has 7 heteroatoms. The molecule has 46 valence electrons. The molecule has 0 fully saturated rings.